The van der Waals surface area contributed by atoms with E-state index in [1.165, 1.54) is 0 Å². The molecule has 0 saturated carbocycles. The van der Waals surface area contributed by atoms with Crippen molar-refractivity contribution in [3.8, 4) is 5.75 Å². The molecule has 0 heterocycles. The molecule has 0 aromatic heterocycles. The van der Waals surface area contributed by atoms with Crippen LogP contribution in [0.25, 0.3) is 0 Å². The predicted molar refractivity (Wildman–Crippen MR) is 84.8 cm³/mol. The van der Waals surface area contributed by atoms with Crippen molar-refractivity contribution in [3.63, 3.8) is 0 Å². The lowest BCUT2D eigenvalue weighted by molar-refractivity contribution is -0.118. The van der Waals surface area contributed by atoms with Gasteiger partial charge in [-0.3, -0.25) is 4.79 Å². The molecule has 4 nitrogen and oxygen atoms in total. The number of carbonyl (C=O) groups excluding carboxylic acids is 1. The number of para-hydroxylation sites is 1. The SMILES string of the molecule is NCCc1c(Cl)cccc1OCC(=O)Nc1ccccc1. The molecular weight excluding hydrogens is 288 g/mol. The van der Waals surface area contributed by atoms with Crippen LogP contribution in [-0.4, -0.2) is 19.1 Å². The Balaban J connectivity index is 1.97. The molecule has 2 aromatic carbocycles. The van der Waals surface area contributed by atoms with Crippen molar-refractivity contribution in [2.24, 2.45) is 5.73 Å². The Morgan fingerprint density at radius 1 is 1.14 bits per heavy atom. The summed E-state index contributed by atoms with van der Waals surface area (Å²) in [6, 6.07) is 14.6. The highest BCUT2D eigenvalue weighted by atomic mass is 35.5. The molecule has 5 heteroatoms. The zero-order chi connectivity index (χ0) is 15.1. The summed E-state index contributed by atoms with van der Waals surface area (Å²) in [7, 11) is 0. The summed E-state index contributed by atoms with van der Waals surface area (Å²) >= 11 is 6.12. The largest absolute Gasteiger partial charge is 0.483 e. The first-order valence-corrected chi connectivity index (χ1v) is 7.03. The number of amides is 1. The van der Waals surface area contributed by atoms with Gasteiger partial charge in [0.25, 0.3) is 5.91 Å². The number of halogens is 1. The minimum absolute atomic E-state index is 0.0766. The van der Waals surface area contributed by atoms with Gasteiger partial charge in [-0.15, -0.1) is 0 Å². The van der Waals surface area contributed by atoms with Gasteiger partial charge < -0.3 is 15.8 Å². The summed E-state index contributed by atoms with van der Waals surface area (Å²) in [4.78, 5) is 11.8. The van der Waals surface area contributed by atoms with E-state index in [-0.39, 0.29) is 12.5 Å². The van der Waals surface area contributed by atoms with E-state index in [2.05, 4.69) is 5.32 Å². The lowest BCUT2D eigenvalue weighted by atomic mass is 10.1. The van der Waals surface area contributed by atoms with Gasteiger partial charge in [0.2, 0.25) is 0 Å². The van der Waals surface area contributed by atoms with E-state index in [9.17, 15) is 4.79 Å². The topological polar surface area (TPSA) is 64.3 Å². The van der Waals surface area contributed by atoms with E-state index in [0.29, 0.717) is 23.7 Å². The first-order chi connectivity index (χ1) is 10.2. The third-order valence-electron chi connectivity index (χ3n) is 2.89. The Morgan fingerprint density at radius 3 is 2.62 bits per heavy atom. The summed E-state index contributed by atoms with van der Waals surface area (Å²) in [6.45, 7) is 0.392. The van der Waals surface area contributed by atoms with Crippen LogP contribution in [0.2, 0.25) is 5.02 Å². The number of rotatable bonds is 6. The van der Waals surface area contributed by atoms with Gasteiger partial charge in [-0.05, 0) is 37.2 Å². The predicted octanol–water partition coefficient (Wildman–Crippen LogP) is 2.86. The number of ether oxygens (including phenoxy) is 1. The van der Waals surface area contributed by atoms with Crippen LogP contribution < -0.4 is 15.8 Å². The highest BCUT2D eigenvalue weighted by Gasteiger charge is 2.09. The van der Waals surface area contributed by atoms with Crippen molar-refractivity contribution in [2.75, 3.05) is 18.5 Å². The summed E-state index contributed by atoms with van der Waals surface area (Å²) in [5.41, 5.74) is 7.13. The fourth-order valence-corrected chi connectivity index (χ4v) is 2.18. The number of benzene rings is 2. The standard InChI is InChI=1S/C16H17ClN2O2/c17-14-7-4-8-15(13(14)9-10-18)21-11-16(20)19-12-5-2-1-3-6-12/h1-8H,9-11,18H2,(H,19,20). The van der Waals surface area contributed by atoms with Crippen LogP contribution in [-0.2, 0) is 11.2 Å². The number of carbonyl (C=O) groups is 1. The second-order valence-corrected chi connectivity index (χ2v) is 4.87. The van der Waals surface area contributed by atoms with Crippen LogP contribution in [0.1, 0.15) is 5.56 Å². The van der Waals surface area contributed by atoms with Crippen LogP contribution in [0.4, 0.5) is 5.69 Å². The molecule has 0 aliphatic heterocycles. The van der Waals surface area contributed by atoms with Gasteiger partial charge in [0.1, 0.15) is 5.75 Å². The number of nitrogens with one attached hydrogen (secondary N) is 1. The number of hydrogen-bond acceptors (Lipinski definition) is 3. The minimum Gasteiger partial charge on any atom is -0.483 e. The first-order valence-electron chi connectivity index (χ1n) is 6.66. The fourth-order valence-electron chi connectivity index (χ4n) is 1.92. The Hall–Kier alpha value is -2.04. The average molecular weight is 305 g/mol. The van der Waals surface area contributed by atoms with E-state index in [4.69, 9.17) is 22.1 Å². The van der Waals surface area contributed by atoms with Gasteiger partial charge in [0.05, 0.1) is 0 Å². The lowest BCUT2D eigenvalue weighted by Gasteiger charge is -2.12. The number of hydrogen-bond donors (Lipinski definition) is 2. The second-order valence-electron chi connectivity index (χ2n) is 4.46. The third kappa shape index (κ3) is 4.48. The monoisotopic (exact) mass is 304 g/mol. The molecule has 0 bridgehead atoms. The van der Waals surface area contributed by atoms with E-state index >= 15 is 0 Å². The third-order valence-corrected chi connectivity index (χ3v) is 3.24. The average Bonchev–Trinajstić information content (AvgIpc) is 2.49. The quantitative estimate of drug-likeness (QED) is 0.862. The zero-order valence-corrected chi connectivity index (χ0v) is 12.3. The molecule has 110 valence electrons. The van der Waals surface area contributed by atoms with Crippen molar-refractivity contribution in [1.29, 1.82) is 0 Å². The molecule has 3 N–H and O–H groups in total. The molecule has 2 aromatic rings. The van der Waals surface area contributed by atoms with E-state index in [0.717, 1.165) is 11.3 Å². The van der Waals surface area contributed by atoms with Gasteiger partial charge in [0.15, 0.2) is 6.61 Å². The van der Waals surface area contributed by atoms with Crippen LogP contribution in [0.3, 0.4) is 0 Å². The van der Waals surface area contributed by atoms with Crippen molar-refractivity contribution < 1.29 is 9.53 Å². The summed E-state index contributed by atoms with van der Waals surface area (Å²) in [5, 5.41) is 3.36. The maximum atomic E-state index is 11.8. The highest BCUT2D eigenvalue weighted by Crippen LogP contribution is 2.26. The Labute approximate surface area is 128 Å². The number of anilines is 1. The number of nitrogens with two attached hydrogens (primary N) is 1. The zero-order valence-electron chi connectivity index (χ0n) is 11.5. The second kappa shape index (κ2) is 7.67. The molecule has 2 rings (SSSR count). The minimum atomic E-state index is -0.222. The maximum absolute atomic E-state index is 11.8. The van der Waals surface area contributed by atoms with Crippen molar-refractivity contribution >= 4 is 23.2 Å². The molecule has 1 amide bonds. The Morgan fingerprint density at radius 2 is 1.90 bits per heavy atom. The van der Waals surface area contributed by atoms with Crippen molar-refractivity contribution in [2.45, 2.75) is 6.42 Å². The lowest BCUT2D eigenvalue weighted by Crippen LogP contribution is -2.20. The Kier molecular flexibility index (Phi) is 5.60. The van der Waals surface area contributed by atoms with Gasteiger partial charge in [0, 0.05) is 16.3 Å². The van der Waals surface area contributed by atoms with Crippen LogP contribution >= 0.6 is 11.6 Å². The molecular formula is C16H17ClN2O2. The smallest absolute Gasteiger partial charge is 0.262 e. The normalized spacial score (nSPS) is 10.2. The maximum Gasteiger partial charge on any atom is 0.262 e. The van der Waals surface area contributed by atoms with E-state index in [1.54, 1.807) is 18.2 Å². The molecule has 0 unspecified atom stereocenters. The fraction of sp³-hybridized carbons (Fsp3) is 0.188. The van der Waals surface area contributed by atoms with Crippen molar-refractivity contribution in [3.05, 3.63) is 59.1 Å². The molecule has 0 saturated heterocycles. The molecule has 0 atom stereocenters. The summed E-state index contributed by atoms with van der Waals surface area (Å²) in [6.07, 6.45) is 0.606. The molecule has 0 radical (unpaired) electrons. The van der Waals surface area contributed by atoms with Gasteiger partial charge in [-0.25, -0.2) is 0 Å². The summed E-state index contributed by atoms with van der Waals surface area (Å²) in [5.74, 6) is 0.371. The van der Waals surface area contributed by atoms with E-state index < -0.39 is 0 Å². The molecule has 0 aliphatic carbocycles. The molecule has 0 fully saturated rings. The van der Waals surface area contributed by atoms with Gasteiger partial charge >= 0.3 is 0 Å². The van der Waals surface area contributed by atoms with Crippen LogP contribution in [0, 0.1) is 0 Å². The first kappa shape index (κ1) is 15.4. The van der Waals surface area contributed by atoms with Gasteiger partial charge in [-0.1, -0.05) is 35.9 Å². The highest BCUT2D eigenvalue weighted by molar-refractivity contribution is 6.31. The van der Waals surface area contributed by atoms with Crippen LogP contribution in [0.5, 0.6) is 5.75 Å². The van der Waals surface area contributed by atoms with E-state index in [1.807, 2.05) is 30.3 Å². The molecule has 21 heavy (non-hydrogen) atoms. The van der Waals surface area contributed by atoms with Crippen LogP contribution in [0.15, 0.2) is 48.5 Å². The Bertz CT molecular complexity index is 602. The summed E-state index contributed by atoms with van der Waals surface area (Å²) < 4.78 is 5.55. The van der Waals surface area contributed by atoms with Crippen molar-refractivity contribution in [1.82, 2.24) is 0 Å². The molecule has 0 aliphatic rings. The molecule has 0 spiro atoms. The van der Waals surface area contributed by atoms with Gasteiger partial charge in [-0.2, -0.15) is 0 Å².